The van der Waals surface area contributed by atoms with Crippen molar-refractivity contribution in [2.24, 2.45) is 0 Å². The molecule has 0 spiro atoms. The summed E-state index contributed by atoms with van der Waals surface area (Å²) in [7, 11) is 0. The van der Waals surface area contributed by atoms with E-state index in [4.69, 9.17) is 0 Å². The Hall–Kier alpha value is -6.01. The smallest absolute Gasteiger partial charge is 0.249 e. The van der Waals surface area contributed by atoms with Gasteiger partial charge >= 0.3 is 0 Å². The third kappa shape index (κ3) is 5.70. The van der Waals surface area contributed by atoms with Gasteiger partial charge in [-0.15, -0.1) is 11.3 Å². The van der Waals surface area contributed by atoms with Crippen LogP contribution in [0.5, 0.6) is 0 Å². The molecule has 0 bridgehead atoms. The fourth-order valence-corrected chi connectivity index (χ4v) is 12.6. The van der Waals surface area contributed by atoms with E-state index in [1.54, 1.807) is 0 Å². The highest BCUT2D eigenvalue weighted by atomic mass is 32.2. The van der Waals surface area contributed by atoms with Crippen molar-refractivity contribution in [3.63, 3.8) is 0 Å². The topological polar surface area (TPSA) is 8.17 Å². The molecule has 0 saturated heterocycles. The summed E-state index contributed by atoms with van der Waals surface area (Å²) >= 11 is 3.89. The van der Waals surface area contributed by atoms with Crippen LogP contribution in [0.25, 0.3) is 58.8 Å². The lowest BCUT2D eigenvalue weighted by atomic mass is 9.34. The van der Waals surface area contributed by atoms with Crippen LogP contribution >= 0.6 is 23.1 Å². The van der Waals surface area contributed by atoms with Crippen LogP contribution in [0.15, 0.2) is 174 Å². The summed E-state index contributed by atoms with van der Waals surface area (Å²) in [6.07, 6.45) is 3.33. The van der Waals surface area contributed by atoms with E-state index in [2.05, 4.69) is 201 Å². The lowest BCUT2D eigenvalue weighted by Crippen LogP contribution is -2.60. The molecule has 294 valence electrons. The monoisotopic (exact) mass is 820 g/mol. The molecule has 0 unspecified atom stereocenters. The van der Waals surface area contributed by atoms with E-state index in [-0.39, 0.29) is 12.1 Å². The highest BCUT2D eigenvalue weighted by molar-refractivity contribution is 8.00. The Morgan fingerprint density at radius 1 is 0.557 bits per heavy atom. The quantitative estimate of drug-likeness (QED) is 0.154. The molecule has 5 heteroatoms. The minimum absolute atomic E-state index is 0.0473. The Morgan fingerprint density at radius 3 is 2.02 bits per heavy atom. The lowest BCUT2D eigenvalue weighted by Gasteiger charge is -2.42. The maximum atomic E-state index is 2.67. The fourth-order valence-electron chi connectivity index (χ4n) is 10.3. The first-order valence-corrected chi connectivity index (χ1v) is 23.4. The Morgan fingerprint density at radius 2 is 1.26 bits per heavy atom. The average Bonchev–Trinajstić information content (AvgIpc) is 3.84. The molecule has 8 aromatic carbocycles. The number of fused-ring (bicyclic) bond motifs is 10. The minimum atomic E-state index is -0.0473. The second-order valence-electron chi connectivity index (χ2n) is 17.9. The predicted molar refractivity (Wildman–Crippen MR) is 266 cm³/mol. The Balaban J connectivity index is 1.14. The van der Waals surface area contributed by atoms with E-state index in [1.807, 2.05) is 23.1 Å². The van der Waals surface area contributed by atoms with E-state index in [9.17, 15) is 0 Å². The molecule has 0 N–H and O–H groups in total. The van der Waals surface area contributed by atoms with Crippen molar-refractivity contribution < 1.29 is 0 Å². The molecule has 0 aliphatic carbocycles. The lowest BCUT2D eigenvalue weighted by molar-refractivity contribution is 0.589. The van der Waals surface area contributed by atoms with Crippen LogP contribution in [0.1, 0.15) is 51.7 Å². The van der Waals surface area contributed by atoms with Crippen molar-refractivity contribution in [3.8, 4) is 16.8 Å². The third-order valence-electron chi connectivity index (χ3n) is 13.2. The number of rotatable bonds is 6. The standard InChI is InChI=1S/C56H45BN2S2/c1-5-6-18-41-47(29-30-51-54(41)42-21-12-15-24-50(42)60-51)59-48-28-25-36(35-16-8-7-9-17-35)31-44(48)57-43-27-26-38(58-45-22-13-10-19-39(45)40-20-11-14-23-46(40)58)34-52(43)61-53-33-37(56(2,3)4)32-49(59)55(53)57/h7-17,19-34H,5-6,18H2,1-4H3. The molecule has 2 aliphatic rings. The number of thiophene rings is 1. The third-order valence-corrected chi connectivity index (χ3v) is 15.5. The molecule has 2 aromatic heterocycles. The molecule has 10 aromatic rings. The second kappa shape index (κ2) is 14.0. The zero-order chi connectivity index (χ0) is 41.0. The molecule has 12 rings (SSSR count). The van der Waals surface area contributed by atoms with Crippen molar-refractivity contribution in [2.75, 3.05) is 4.90 Å². The van der Waals surface area contributed by atoms with Crippen molar-refractivity contribution in [3.05, 3.63) is 175 Å². The number of aryl methyl sites for hydroxylation is 1. The summed E-state index contributed by atoms with van der Waals surface area (Å²) in [6.45, 7) is 9.49. The van der Waals surface area contributed by atoms with Crippen LogP contribution in [-0.4, -0.2) is 11.3 Å². The number of hydrogen-bond donors (Lipinski definition) is 0. The van der Waals surface area contributed by atoms with Gasteiger partial charge in [0.05, 0.1) is 11.0 Å². The number of unbranched alkanes of at least 4 members (excludes halogenated alkanes) is 1. The van der Waals surface area contributed by atoms with Crippen molar-refractivity contribution >= 4 is 105 Å². The SMILES string of the molecule is CCCCc1c(N2c3ccc(-c4ccccc4)cc3B3c4ccc(-n5c6ccccc6c6ccccc65)cc4Sc4cc(C(C)(C)C)cc2c43)ccc2sc3ccccc3c12. The van der Waals surface area contributed by atoms with E-state index in [0.29, 0.717) is 0 Å². The van der Waals surface area contributed by atoms with E-state index in [0.717, 1.165) is 19.3 Å². The Labute approximate surface area is 366 Å². The van der Waals surface area contributed by atoms with E-state index < -0.39 is 0 Å². The number of anilines is 3. The molecule has 0 radical (unpaired) electrons. The molecule has 4 heterocycles. The molecule has 2 nitrogen and oxygen atoms in total. The summed E-state index contributed by atoms with van der Waals surface area (Å²) in [4.78, 5) is 5.36. The Bertz CT molecular complexity index is 3330. The summed E-state index contributed by atoms with van der Waals surface area (Å²) in [5.41, 5.74) is 17.0. The first-order valence-electron chi connectivity index (χ1n) is 21.8. The van der Waals surface area contributed by atoms with E-state index >= 15 is 0 Å². The van der Waals surface area contributed by atoms with Gasteiger partial charge in [-0.2, -0.15) is 0 Å². The first-order chi connectivity index (χ1) is 29.9. The van der Waals surface area contributed by atoms with Crippen LogP contribution in [-0.2, 0) is 11.8 Å². The fraction of sp³-hybridized carbons (Fsp3) is 0.143. The number of para-hydroxylation sites is 2. The number of benzene rings is 8. The summed E-state index contributed by atoms with van der Waals surface area (Å²) in [5.74, 6) is 0. The number of aromatic nitrogens is 1. The van der Waals surface area contributed by atoms with Gasteiger partial charge in [-0.3, -0.25) is 0 Å². The van der Waals surface area contributed by atoms with Gasteiger partial charge < -0.3 is 9.47 Å². The van der Waals surface area contributed by atoms with Crippen molar-refractivity contribution in [1.29, 1.82) is 0 Å². The van der Waals surface area contributed by atoms with Gasteiger partial charge in [-0.05, 0) is 112 Å². The average molecular weight is 821 g/mol. The van der Waals surface area contributed by atoms with Crippen LogP contribution in [0.2, 0.25) is 0 Å². The highest BCUT2D eigenvalue weighted by Gasteiger charge is 2.42. The van der Waals surface area contributed by atoms with Gasteiger partial charge in [-0.25, -0.2) is 0 Å². The molecule has 0 saturated carbocycles. The zero-order valence-corrected chi connectivity index (χ0v) is 36.6. The summed E-state index contributed by atoms with van der Waals surface area (Å²) in [6, 6.07) is 62.1. The second-order valence-corrected chi connectivity index (χ2v) is 20.1. The van der Waals surface area contributed by atoms with Crippen LogP contribution in [0, 0.1) is 0 Å². The molecular weight excluding hydrogens is 776 g/mol. The molecule has 0 amide bonds. The largest absolute Gasteiger partial charge is 0.311 e. The van der Waals surface area contributed by atoms with Gasteiger partial charge in [0.25, 0.3) is 0 Å². The minimum Gasteiger partial charge on any atom is -0.311 e. The normalized spacial score (nSPS) is 13.3. The van der Waals surface area contributed by atoms with Gasteiger partial charge in [-0.1, -0.05) is 154 Å². The molecule has 61 heavy (non-hydrogen) atoms. The van der Waals surface area contributed by atoms with Crippen LogP contribution in [0.4, 0.5) is 17.1 Å². The van der Waals surface area contributed by atoms with Crippen molar-refractivity contribution in [2.45, 2.75) is 62.2 Å². The van der Waals surface area contributed by atoms with Gasteiger partial charge in [0, 0.05) is 63.5 Å². The number of nitrogens with zero attached hydrogens (tertiary/aromatic N) is 2. The van der Waals surface area contributed by atoms with Gasteiger partial charge in [0.15, 0.2) is 0 Å². The van der Waals surface area contributed by atoms with E-state index in [1.165, 1.54) is 113 Å². The molecule has 2 aliphatic heterocycles. The van der Waals surface area contributed by atoms with Crippen LogP contribution < -0.4 is 21.3 Å². The molecule has 0 fully saturated rings. The first kappa shape index (κ1) is 36.8. The molecular formula is C56H45BN2S2. The summed E-state index contributed by atoms with van der Waals surface area (Å²) in [5, 5.41) is 5.37. The maximum absolute atomic E-state index is 2.67. The molecule has 0 atom stereocenters. The summed E-state index contributed by atoms with van der Waals surface area (Å²) < 4.78 is 5.20. The van der Waals surface area contributed by atoms with Gasteiger partial charge in [0.2, 0.25) is 6.71 Å². The maximum Gasteiger partial charge on any atom is 0.249 e. The van der Waals surface area contributed by atoms with Crippen molar-refractivity contribution in [1.82, 2.24) is 4.57 Å². The zero-order valence-electron chi connectivity index (χ0n) is 35.0. The Kier molecular flexibility index (Phi) is 8.46. The number of hydrogen-bond acceptors (Lipinski definition) is 3. The van der Waals surface area contributed by atoms with Crippen LogP contribution in [0.3, 0.4) is 0 Å². The highest BCUT2D eigenvalue weighted by Crippen LogP contribution is 2.49. The predicted octanol–water partition coefficient (Wildman–Crippen LogP) is 14.2. The van der Waals surface area contributed by atoms with Gasteiger partial charge in [0.1, 0.15) is 0 Å².